The Labute approximate surface area is 92.1 Å². The number of aliphatic hydroxyl groups excluding tert-OH is 1. The van der Waals surface area contributed by atoms with Gasteiger partial charge in [0.25, 0.3) is 0 Å². The number of halogens is 6. The van der Waals surface area contributed by atoms with Crippen molar-refractivity contribution in [1.82, 2.24) is 0 Å². The summed E-state index contributed by atoms with van der Waals surface area (Å²) < 4.78 is 65.9. The minimum Gasteiger partial charge on any atom is -0.508 e. The average molecular weight is 262 g/mol. The molecule has 0 spiro atoms. The van der Waals surface area contributed by atoms with Gasteiger partial charge in [-0.3, -0.25) is 0 Å². The van der Waals surface area contributed by atoms with Crippen molar-refractivity contribution in [2.75, 3.05) is 0 Å². The fraction of sp³-hybridized carbons (Fsp3) is 0.333. The molecule has 0 aromatic heterocycles. The normalized spacial score (nSPS) is 12.0. The number of aromatic hydroxyl groups is 1. The molecule has 1 aromatic rings. The van der Waals surface area contributed by atoms with Crippen molar-refractivity contribution in [2.24, 2.45) is 0 Å². The molecule has 0 saturated heterocycles. The Morgan fingerprint density at radius 3 is 1.29 bits per heavy atom. The van der Waals surface area contributed by atoms with E-state index < -0.39 is 18.5 Å². The second-order valence-electron chi connectivity index (χ2n) is 2.82. The summed E-state index contributed by atoms with van der Waals surface area (Å²) in [5, 5.41) is 16.1. The summed E-state index contributed by atoms with van der Waals surface area (Å²) in [6.07, 6.45) is -15.5. The average Bonchev–Trinajstić information content (AvgIpc) is 2.16. The summed E-state index contributed by atoms with van der Waals surface area (Å²) in [5.74, 6) is 0.322. The third-order valence-electron chi connectivity index (χ3n) is 1.38. The van der Waals surface area contributed by atoms with Crippen LogP contribution in [0.15, 0.2) is 30.3 Å². The highest BCUT2D eigenvalue weighted by Gasteiger charge is 2.55. The Kier molecular flexibility index (Phi) is 5.27. The third kappa shape index (κ3) is 6.67. The van der Waals surface area contributed by atoms with Gasteiger partial charge >= 0.3 is 12.4 Å². The van der Waals surface area contributed by atoms with Crippen molar-refractivity contribution in [2.45, 2.75) is 18.5 Å². The van der Waals surface area contributed by atoms with E-state index in [1.165, 1.54) is 0 Å². The van der Waals surface area contributed by atoms with Crippen molar-refractivity contribution in [3.05, 3.63) is 30.3 Å². The van der Waals surface area contributed by atoms with Crippen LogP contribution < -0.4 is 0 Å². The van der Waals surface area contributed by atoms with Crippen molar-refractivity contribution < 1.29 is 36.6 Å². The minimum absolute atomic E-state index is 0.322. The molecule has 2 N–H and O–H groups in total. The summed E-state index contributed by atoms with van der Waals surface area (Å²) in [6.45, 7) is 0. The summed E-state index contributed by atoms with van der Waals surface area (Å²) >= 11 is 0. The largest absolute Gasteiger partial charge is 0.508 e. The number of aliphatic hydroxyl groups is 1. The quantitative estimate of drug-likeness (QED) is 0.706. The van der Waals surface area contributed by atoms with Gasteiger partial charge in [0, 0.05) is 0 Å². The topological polar surface area (TPSA) is 40.5 Å². The van der Waals surface area contributed by atoms with E-state index in [2.05, 4.69) is 0 Å². The van der Waals surface area contributed by atoms with Crippen molar-refractivity contribution >= 4 is 0 Å². The zero-order valence-electron chi connectivity index (χ0n) is 8.13. The van der Waals surface area contributed by atoms with Gasteiger partial charge in [-0.05, 0) is 12.1 Å². The maximum absolute atomic E-state index is 11.0. The third-order valence-corrected chi connectivity index (χ3v) is 1.38. The zero-order chi connectivity index (χ0) is 13.7. The first-order valence-electron chi connectivity index (χ1n) is 4.10. The molecule has 0 heterocycles. The van der Waals surface area contributed by atoms with Crippen LogP contribution in [0.2, 0.25) is 0 Å². The Hall–Kier alpha value is -1.44. The Morgan fingerprint density at radius 1 is 0.824 bits per heavy atom. The first-order chi connectivity index (χ1) is 7.55. The maximum atomic E-state index is 11.0. The molecule has 1 rings (SSSR count). The second-order valence-corrected chi connectivity index (χ2v) is 2.82. The number of alkyl halides is 6. The van der Waals surface area contributed by atoms with E-state index in [9.17, 15) is 26.3 Å². The fourth-order valence-electron chi connectivity index (χ4n) is 0.614. The van der Waals surface area contributed by atoms with Crippen LogP contribution in [0, 0.1) is 0 Å². The smallest absolute Gasteiger partial charge is 0.423 e. The van der Waals surface area contributed by atoms with Crippen LogP contribution in [0.4, 0.5) is 26.3 Å². The van der Waals surface area contributed by atoms with Gasteiger partial charge in [-0.1, -0.05) is 18.2 Å². The molecule has 0 atom stereocenters. The molecular formula is C9H8F6O2. The molecule has 2 nitrogen and oxygen atoms in total. The zero-order valence-corrected chi connectivity index (χ0v) is 8.13. The van der Waals surface area contributed by atoms with Crippen LogP contribution in [-0.2, 0) is 0 Å². The molecule has 0 aliphatic rings. The molecule has 8 heteroatoms. The van der Waals surface area contributed by atoms with Crippen LogP contribution in [0.5, 0.6) is 5.75 Å². The minimum atomic E-state index is -5.63. The van der Waals surface area contributed by atoms with Crippen molar-refractivity contribution in [3.8, 4) is 5.75 Å². The molecule has 0 aliphatic heterocycles. The van der Waals surface area contributed by atoms with Gasteiger partial charge in [0.1, 0.15) is 5.75 Å². The Bertz CT molecular complexity index is 304. The highest BCUT2D eigenvalue weighted by Crippen LogP contribution is 2.32. The highest BCUT2D eigenvalue weighted by atomic mass is 19.4. The van der Waals surface area contributed by atoms with Crippen LogP contribution >= 0.6 is 0 Å². The van der Waals surface area contributed by atoms with Gasteiger partial charge in [0.15, 0.2) is 0 Å². The van der Waals surface area contributed by atoms with E-state index in [1.807, 2.05) is 6.07 Å². The standard InChI is InChI=1S/C6H6O.C3H2F6O/c7-6-4-2-1-3-5-6;4-2(5,6)1(10)3(7,8)9/h1-5,7H;1,10H. The molecule has 0 radical (unpaired) electrons. The highest BCUT2D eigenvalue weighted by molar-refractivity contribution is 5.18. The number of benzene rings is 1. The molecule has 0 saturated carbocycles. The number of para-hydroxylation sites is 1. The first-order valence-corrected chi connectivity index (χ1v) is 4.10. The van der Waals surface area contributed by atoms with E-state index in [0.717, 1.165) is 0 Å². The van der Waals surface area contributed by atoms with Crippen LogP contribution in [-0.4, -0.2) is 28.7 Å². The lowest BCUT2D eigenvalue weighted by Crippen LogP contribution is -2.41. The SMILES string of the molecule is OC(C(F)(F)F)C(F)(F)F.Oc1ccccc1. The number of rotatable bonds is 0. The monoisotopic (exact) mass is 262 g/mol. The summed E-state index contributed by atoms with van der Waals surface area (Å²) in [6, 6.07) is 8.71. The lowest BCUT2D eigenvalue weighted by atomic mass is 10.3. The van der Waals surface area contributed by atoms with E-state index in [-0.39, 0.29) is 0 Å². The van der Waals surface area contributed by atoms with Gasteiger partial charge in [0.2, 0.25) is 6.10 Å². The lowest BCUT2D eigenvalue weighted by molar-refractivity contribution is -0.308. The van der Waals surface area contributed by atoms with Crippen molar-refractivity contribution in [3.63, 3.8) is 0 Å². The summed E-state index contributed by atoms with van der Waals surface area (Å²) in [7, 11) is 0. The lowest BCUT2D eigenvalue weighted by Gasteiger charge is -2.16. The van der Waals surface area contributed by atoms with Gasteiger partial charge in [-0.25, -0.2) is 0 Å². The second kappa shape index (κ2) is 5.76. The predicted octanol–water partition coefficient (Wildman–Crippen LogP) is 2.86. The summed E-state index contributed by atoms with van der Waals surface area (Å²) in [5.41, 5.74) is 0. The number of phenols is 1. The molecule has 1 aromatic carbocycles. The molecule has 0 bridgehead atoms. The van der Waals surface area contributed by atoms with E-state index in [4.69, 9.17) is 10.2 Å². The van der Waals surface area contributed by atoms with E-state index >= 15 is 0 Å². The Balaban J connectivity index is 0.000000318. The van der Waals surface area contributed by atoms with E-state index in [0.29, 0.717) is 5.75 Å². The molecule has 0 unspecified atom stereocenters. The molecule has 98 valence electrons. The van der Waals surface area contributed by atoms with Crippen LogP contribution in [0.3, 0.4) is 0 Å². The maximum Gasteiger partial charge on any atom is 0.423 e. The van der Waals surface area contributed by atoms with Gasteiger partial charge < -0.3 is 10.2 Å². The van der Waals surface area contributed by atoms with Crippen molar-refractivity contribution in [1.29, 1.82) is 0 Å². The van der Waals surface area contributed by atoms with E-state index in [1.54, 1.807) is 24.3 Å². The molecule has 0 aliphatic carbocycles. The molecule has 0 fully saturated rings. The number of phenolic OH excluding ortho intramolecular Hbond substituents is 1. The van der Waals surface area contributed by atoms with Gasteiger partial charge in [-0.15, -0.1) is 0 Å². The van der Waals surface area contributed by atoms with Crippen LogP contribution in [0.1, 0.15) is 0 Å². The van der Waals surface area contributed by atoms with Gasteiger partial charge in [0.05, 0.1) is 0 Å². The predicted molar refractivity (Wildman–Crippen MR) is 46.2 cm³/mol. The van der Waals surface area contributed by atoms with Crippen LogP contribution in [0.25, 0.3) is 0 Å². The number of hydrogen-bond donors (Lipinski definition) is 2. The molecule has 0 amide bonds. The summed E-state index contributed by atoms with van der Waals surface area (Å²) in [4.78, 5) is 0. The number of hydrogen-bond acceptors (Lipinski definition) is 2. The Morgan fingerprint density at radius 2 is 1.18 bits per heavy atom. The van der Waals surface area contributed by atoms with Gasteiger partial charge in [-0.2, -0.15) is 26.3 Å². The molecule has 17 heavy (non-hydrogen) atoms. The first kappa shape index (κ1) is 15.6. The fourth-order valence-corrected chi connectivity index (χ4v) is 0.614. The molecular weight excluding hydrogens is 254 g/mol.